The Morgan fingerprint density at radius 3 is 1.65 bits per heavy atom. The van der Waals surface area contributed by atoms with Crippen molar-refractivity contribution in [2.75, 3.05) is 29.1 Å². The van der Waals surface area contributed by atoms with Crippen LogP contribution in [0.3, 0.4) is 0 Å². The zero-order valence-corrected chi connectivity index (χ0v) is 31.2. The standard InChI is InChI=1S/C31H48N6O6Si3/c1-9-10-21-41-28(40)24-14-18-26(19-15-24)34-31-36-29(35-30(37-31)33-25-16-12-23(13-17-25)27(38)39)32-20-11-22-46(8,42-44(2,3)4)43-45(5,6)7/h12-19H,9-11,20-22H2,1-8H3,(H,38,39)(H3,32,33,34,35,36,37). The van der Waals surface area contributed by atoms with E-state index in [0.29, 0.717) is 36.0 Å². The van der Waals surface area contributed by atoms with Crippen molar-refractivity contribution in [3.8, 4) is 0 Å². The van der Waals surface area contributed by atoms with E-state index in [1.165, 1.54) is 12.1 Å². The van der Waals surface area contributed by atoms with Crippen molar-refractivity contribution in [2.24, 2.45) is 0 Å². The minimum absolute atomic E-state index is 0.176. The molecular weight excluding hydrogens is 637 g/mol. The van der Waals surface area contributed by atoms with Crippen LogP contribution in [0.15, 0.2) is 48.5 Å². The van der Waals surface area contributed by atoms with Crippen LogP contribution in [0.2, 0.25) is 51.9 Å². The molecule has 0 fully saturated rings. The van der Waals surface area contributed by atoms with Crippen molar-refractivity contribution >= 4 is 66.4 Å². The summed E-state index contributed by atoms with van der Waals surface area (Å²) in [6, 6.07) is 14.0. The van der Waals surface area contributed by atoms with Crippen LogP contribution in [0.4, 0.5) is 29.2 Å². The number of carbonyl (C=O) groups excluding carboxylic acids is 1. The predicted octanol–water partition coefficient (Wildman–Crippen LogP) is 7.59. The third kappa shape index (κ3) is 13.0. The SMILES string of the molecule is CCCCOC(=O)c1ccc(Nc2nc(NCCC[Si](C)(O[Si](C)(C)C)O[Si](C)(C)C)nc(Nc3ccc(C(=O)O)cc3)n2)cc1. The van der Waals surface area contributed by atoms with Gasteiger partial charge in [-0.2, -0.15) is 15.0 Å². The van der Waals surface area contributed by atoms with Crippen LogP contribution in [-0.2, 0) is 13.0 Å². The van der Waals surface area contributed by atoms with Gasteiger partial charge >= 0.3 is 20.5 Å². The molecule has 3 rings (SSSR count). The minimum atomic E-state index is -2.39. The lowest BCUT2D eigenvalue weighted by molar-refractivity contribution is 0.0499. The number of aromatic nitrogens is 3. The molecule has 0 amide bonds. The average Bonchev–Trinajstić information content (AvgIpc) is 2.94. The molecule has 3 aromatic rings. The maximum atomic E-state index is 12.3. The highest BCUT2D eigenvalue weighted by atomic mass is 28.5. The fourth-order valence-corrected chi connectivity index (χ4v) is 17.2. The van der Waals surface area contributed by atoms with Gasteiger partial charge in [-0.15, -0.1) is 0 Å². The number of anilines is 5. The van der Waals surface area contributed by atoms with Gasteiger partial charge in [-0.3, -0.25) is 0 Å². The van der Waals surface area contributed by atoms with Gasteiger partial charge in [0.1, 0.15) is 0 Å². The fourth-order valence-electron chi connectivity index (χ4n) is 4.63. The topological polar surface area (TPSA) is 157 Å². The van der Waals surface area contributed by atoms with Crippen LogP contribution in [-0.4, -0.2) is 70.3 Å². The summed E-state index contributed by atoms with van der Waals surface area (Å²) in [4.78, 5) is 37.2. The zero-order chi connectivity index (χ0) is 34.0. The first-order valence-electron chi connectivity index (χ1n) is 15.6. The van der Waals surface area contributed by atoms with E-state index in [1.807, 2.05) is 6.92 Å². The van der Waals surface area contributed by atoms with E-state index in [4.69, 9.17) is 13.0 Å². The van der Waals surface area contributed by atoms with Crippen molar-refractivity contribution < 1.29 is 27.7 Å². The fraction of sp³-hybridized carbons (Fsp3) is 0.452. The number of carboxylic acids is 1. The van der Waals surface area contributed by atoms with Gasteiger partial charge in [0.2, 0.25) is 17.8 Å². The number of carbonyl (C=O) groups is 2. The molecule has 0 aliphatic heterocycles. The Balaban J connectivity index is 1.77. The van der Waals surface area contributed by atoms with Crippen LogP contribution < -0.4 is 16.0 Å². The van der Waals surface area contributed by atoms with Crippen molar-refractivity contribution in [1.29, 1.82) is 0 Å². The van der Waals surface area contributed by atoms with Crippen LogP contribution in [0.1, 0.15) is 46.9 Å². The van der Waals surface area contributed by atoms with Crippen molar-refractivity contribution in [1.82, 2.24) is 15.0 Å². The molecule has 0 aliphatic rings. The molecule has 2 aromatic carbocycles. The van der Waals surface area contributed by atoms with Gasteiger partial charge in [0.15, 0.2) is 16.6 Å². The lowest BCUT2D eigenvalue weighted by Crippen LogP contribution is -2.52. The van der Waals surface area contributed by atoms with E-state index in [9.17, 15) is 14.7 Å². The number of esters is 1. The molecule has 250 valence electrons. The number of rotatable bonds is 18. The van der Waals surface area contributed by atoms with Crippen molar-refractivity contribution in [3.63, 3.8) is 0 Å². The normalized spacial score (nSPS) is 12.0. The van der Waals surface area contributed by atoms with Crippen molar-refractivity contribution in [2.45, 2.75) is 78.1 Å². The summed E-state index contributed by atoms with van der Waals surface area (Å²) in [5.41, 5.74) is 1.93. The number of hydrogen-bond donors (Lipinski definition) is 4. The smallest absolute Gasteiger partial charge is 0.338 e. The predicted molar refractivity (Wildman–Crippen MR) is 190 cm³/mol. The Hall–Kier alpha value is -3.64. The number of nitrogens with zero attached hydrogens (tertiary/aromatic N) is 3. The molecule has 15 heteroatoms. The quantitative estimate of drug-likeness (QED) is 0.0592. The molecule has 0 saturated carbocycles. The van der Waals surface area contributed by atoms with E-state index < -0.39 is 31.2 Å². The zero-order valence-electron chi connectivity index (χ0n) is 28.2. The molecule has 4 N–H and O–H groups in total. The lowest BCUT2D eigenvalue weighted by Gasteiger charge is -2.38. The molecule has 12 nitrogen and oxygen atoms in total. The van der Waals surface area contributed by atoms with Crippen molar-refractivity contribution in [3.05, 3.63) is 59.7 Å². The maximum Gasteiger partial charge on any atom is 0.338 e. The molecule has 0 atom stereocenters. The highest BCUT2D eigenvalue weighted by Crippen LogP contribution is 2.26. The molecule has 46 heavy (non-hydrogen) atoms. The summed E-state index contributed by atoms with van der Waals surface area (Å²) in [6.45, 7) is 18.4. The summed E-state index contributed by atoms with van der Waals surface area (Å²) < 4.78 is 18.6. The van der Waals surface area contributed by atoms with E-state index in [1.54, 1.807) is 36.4 Å². The monoisotopic (exact) mass is 684 g/mol. The van der Waals surface area contributed by atoms with Crippen LogP contribution in [0, 0.1) is 0 Å². The first kappa shape index (κ1) is 36.8. The Morgan fingerprint density at radius 1 is 0.717 bits per heavy atom. The van der Waals surface area contributed by atoms with E-state index >= 15 is 0 Å². The van der Waals surface area contributed by atoms with Crippen LogP contribution >= 0.6 is 0 Å². The van der Waals surface area contributed by atoms with Gasteiger partial charge in [0.25, 0.3) is 0 Å². The van der Waals surface area contributed by atoms with Gasteiger partial charge in [0.05, 0.1) is 17.7 Å². The number of hydrogen-bond acceptors (Lipinski definition) is 11. The second-order valence-electron chi connectivity index (χ2n) is 13.1. The summed E-state index contributed by atoms with van der Waals surface area (Å²) in [5, 5.41) is 18.9. The number of ether oxygens (including phenoxy) is 1. The lowest BCUT2D eigenvalue weighted by atomic mass is 10.2. The van der Waals surface area contributed by atoms with Gasteiger partial charge in [0, 0.05) is 17.9 Å². The number of carboxylic acid groups (broad SMARTS) is 1. The number of benzene rings is 2. The van der Waals surface area contributed by atoms with Gasteiger partial charge < -0.3 is 34.0 Å². The van der Waals surface area contributed by atoms with Gasteiger partial charge in [-0.1, -0.05) is 13.3 Å². The Morgan fingerprint density at radius 2 is 1.20 bits per heavy atom. The Bertz CT molecular complexity index is 1430. The second-order valence-corrected chi connectivity index (χ2v) is 25.9. The third-order valence-corrected chi connectivity index (χ3v) is 15.9. The molecular formula is C31H48N6O6Si3. The summed E-state index contributed by atoms with van der Waals surface area (Å²) in [5.74, 6) is -0.462. The maximum absolute atomic E-state index is 12.3. The Labute approximate surface area is 275 Å². The molecule has 0 bridgehead atoms. The second kappa shape index (κ2) is 16.3. The number of nitrogens with one attached hydrogen (secondary N) is 3. The summed E-state index contributed by atoms with van der Waals surface area (Å²) in [7, 11) is -5.99. The van der Waals surface area contributed by atoms with E-state index in [2.05, 4.69) is 76.7 Å². The van der Waals surface area contributed by atoms with Crippen LogP contribution in [0.5, 0.6) is 0 Å². The highest BCUT2D eigenvalue weighted by molar-refractivity contribution is 6.87. The number of unbranched alkanes of at least 4 members (excludes halogenated alkanes) is 1. The first-order chi connectivity index (χ1) is 21.5. The van der Waals surface area contributed by atoms with E-state index in [0.717, 1.165) is 25.3 Å². The first-order valence-corrected chi connectivity index (χ1v) is 24.9. The number of aromatic carboxylic acids is 1. The highest BCUT2D eigenvalue weighted by Gasteiger charge is 2.39. The molecule has 0 spiro atoms. The molecule has 0 aliphatic carbocycles. The molecule has 0 radical (unpaired) electrons. The third-order valence-electron chi connectivity index (χ3n) is 6.27. The average molecular weight is 685 g/mol. The Kier molecular flexibility index (Phi) is 13.0. The van der Waals surface area contributed by atoms with Crippen LogP contribution in [0.25, 0.3) is 0 Å². The summed E-state index contributed by atoms with van der Waals surface area (Å²) >= 11 is 0. The van der Waals surface area contributed by atoms with Gasteiger partial charge in [-0.25, -0.2) is 9.59 Å². The minimum Gasteiger partial charge on any atom is -0.478 e. The van der Waals surface area contributed by atoms with E-state index in [-0.39, 0.29) is 23.4 Å². The molecule has 1 heterocycles. The molecule has 1 aromatic heterocycles. The van der Waals surface area contributed by atoms with Gasteiger partial charge in [-0.05, 0) is 113 Å². The molecule has 0 saturated heterocycles. The summed E-state index contributed by atoms with van der Waals surface area (Å²) in [6.07, 6.45) is 2.58. The largest absolute Gasteiger partial charge is 0.478 e. The molecule has 0 unspecified atom stereocenters.